The summed E-state index contributed by atoms with van der Waals surface area (Å²) < 4.78 is 21.6. The fraction of sp³-hybridized carbons (Fsp3) is 0.300. The summed E-state index contributed by atoms with van der Waals surface area (Å²) in [7, 11) is 0. The summed E-state index contributed by atoms with van der Waals surface area (Å²) in [5.41, 5.74) is 0.973. The molecule has 2 aromatic carbocycles. The molecule has 6 nitrogen and oxygen atoms in total. The Labute approximate surface area is 151 Å². The number of hydrogen-bond donors (Lipinski definition) is 0. The monoisotopic (exact) mass is 356 g/mol. The molecular formula is C20H20O6. The molecule has 0 bridgehead atoms. The van der Waals surface area contributed by atoms with E-state index >= 15 is 0 Å². The lowest BCUT2D eigenvalue weighted by Crippen LogP contribution is -2.33. The second-order valence-electron chi connectivity index (χ2n) is 5.76. The third-order valence-electron chi connectivity index (χ3n) is 3.90. The Kier molecular flexibility index (Phi) is 6.35. The highest BCUT2D eigenvalue weighted by Crippen LogP contribution is 2.16. The van der Waals surface area contributed by atoms with Crippen molar-refractivity contribution in [3.05, 3.63) is 71.8 Å². The molecule has 0 aliphatic carbocycles. The van der Waals surface area contributed by atoms with Crippen LogP contribution in [0.4, 0.5) is 0 Å². The third kappa shape index (κ3) is 4.91. The summed E-state index contributed by atoms with van der Waals surface area (Å²) in [6.45, 7) is 0.933. The van der Waals surface area contributed by atoms with Crippen LogP contribution in [0.1, 0.15) is 20.7 Å². The molecular weight excluding hydrogens is 336 g/mol. The lowest BCUT2D eigenvalue weighted by atomic mass is 10.2. The van der Waals surface area contributed by atoms with Crippen LogP contribution in [-0.4, -0.2) is 50.6 Å². The first-order valence-corrected chi connectivity index (χ1v) is 8.41. The largest absolute Gasteiger partial charge is 0.460 e. The topological polar surface area (TPSA) is 71.1 Å². The van der Waals surface area contributed by atoms with E-state index in [9.17, 15) is 9.59 Å². The van der Waals surface area contributed by atoms with Crippen molar-refractivity contribution in [3.8, 4) is 0 Å². The molecule has 2 aromatic rings. The highest BCUT2D eigenvalue weighted by Gasteiger charge is 2.32. The molecule has 2 atom stereocenters. The van der Waals surface area contributed by atoms with Crippen LogP contribution in [0.5, 0.6) is 0 Å². The molecule has 1 fully saturated rings. The number of rotatable bonds is 7. The minimum absolute atomic E-state index is 0.115. The average Bonchev–Trinajstić information content (AvgIpc) is 3.13. The van der Waals surface area contributed by atoms with Gasteiger partial charge in [0, 0.05) is 0 Å². The maximum absolute atomic E-state index is 12.1. The standard InChI is InChI=1S/C20H20O6/c21-19(15-7-3-1-4-8-15)25-12-11-24-17-13-23-14-18(17)26-20(22)16-9-5-2-6-10-16/h1-10,17-18H,11-14H2/t17-,18-/m0/s1. The zero-order valence-electron chi connectivity index (χ0n) is 14.2. The summed E-state index contributed by atoms with van der Waals surface area (Å²) in [4.78, 5) is 24.0. The summed E-state index contributed by atoms with van der Waals surface area (Å²) >= 11 is 0. The van der Waals surface area contributed by atoms with Crippen LogP contribution in [0, 0.1) is 0 Å². The lowest BCUT2D eigenvalue weighted by molar-refractivity contribution is -0.0412. The first-order chi connectivity index (χ1) is 12.7. The second kappa shape index (κ2) is 9.12. The van der Waals surface area contributed by atoms with Gasteiger partial charge in [-0.1, -0.05) is 36.4 Å². The van der Waals surface area contributed by atoms with Crippen molar-refractivity contribution in [2.75, 3.05) is 26.4 Å². The molecule has 1 saturated heterocycles. The molecule has 0 radical (unpaired) electrons. The van der Waals surface area contributed by atoms with E-state index in [0.29, 0.717) is 17.7 Å². The van der Waals surface area contributed by atoms with Crippen LogP contribution in [0.25, 0.3) is 0 Å². The Hall–Kier alpha value is -2.70. The van der Waals surface area contributed by atoms with Gasteiger partial charge >= 0.3 is 11.9 Å². The second-order valence-corrected chi connectivity index (χ2v) is 5.76. The van der Waals surface area contributed by atoms with E-state index in [0.717, 1.165) is 0 Å². The van der Waals surface area contributed by atoms with Gasteiger partial charge in [0.2, 0.25) is 0 Å². The van der Waals surface area contributed by atoms with Gasteiger partial charge in [-0.25, -0.2) is 9.59 Å². The molecule has 0 aromatic heterocycles. The molecule has 1 aliphatic rings. The Bertz CT molecular complexity index is 716. The molecule has 26 heavy (non-hydrogen) atoms. The van der Waals surface area contributed by atoms with Crippen molar-refractivity contribution >= 4 is 11.9 Å². The minimum atomic E-state index is -0.479. The first-order valence-electron chi connectivity index (χ1n) is 8.41. The van der Waals surface area contributed by atoms with Crippen molar-refractivity contribution in [1.82, 2.24) is 0 Å². The molecule has 0 amide bonds. The van der Waals surface area contributed by atoms with Crippen LogP contribution in [0.2, 0.25) is 0 Å². The van der Waals surface area contributed by atoms with Gasteiger partial charge in [-0.2, -0.15) is 0 Å². The van der Waals surface area contributed by atoms with Crippen LogP contribution < -0.4 is 0 Å². The number of carbonyl (C=O) groups is 2. The number of benzene rings is 2. The van der Waals surface area contributed by atoms with Crippen molar-refractivity contribution in [2.24, 2.45) is 0 Å². The summed E-state index contributed by atoms with van der Waals surface area (Å²) in [6.07, 6.45) is -0.856. The SMILES string of the molecule is O=C(OCCO[C@H]1COC[C@@H]1OC(=O)c1ccccc1)c1ccccc1. The third-order valence-corrected chi connectivity index (χ3v) is 3.90. The number of esters is 2. The molecule has 3 rings (SSSR count). The minimum Gasteiger partial charge on any atom is -0.460 e. The number of ether oxygens (including phenoxy) is 4. The molecule has 1 aliphatic heterocycles. The van der Waals surface area contributed by atoms with E-state index in [1.54, 1.807) is 48.5 Å². The van der Waals surface area contributed by atoms with Gasteiger partial charge in [-0.05, 0) is 24.3 Å². The van der Waals surface area contributed by atoms with E-state index in [-0.39, 0.29) is 25.9 Å². The van der Waals surface area contributed by atoms with E-state index in [1.165, 1.54) is 0 Å². The van der Waals surface area contributed by atoms with Gasteiger partial charge in [-0.15, -0.1) is 0 Å². The summed E-state index contributed by atoms with van der Waals surface area (Å²) in [5, 5.41) is 0. The van der Waals surface area contributed by atoms with Gasteiger partial charge in [0.1, 0.15) is 12.7 Å². The van der Waals surface area contributed by atoms with Gasteiger partial charge < -0.3 is 18.9 Å². The highest BCUT2D eigenvalue weighted by atomic mass is 16.6. The molecule has 0 saturated carbocycles. The fourth-order valence-electron chi connectivity index (χ4n) is 2.55. The summed E-state index contributed by atoms with van der Waals surface area (Å²) in [6, 6.07) is 17.5. The smallest absolute Gasteiger partial charge is 0.338 e. The Balaban J connectivity index is 1.41. The van der Waals surface area contributed by atoms with Crippen LogP contribution >= 0.6 is 0 Å². The van der Waals surface area contributed by atoms with E-state index < -0.39 is 18.0 Å². The van der Waals surface area contributed by atoms with Crippen molar-refractivity contribution in [3.63, 3.8) is 0 Å². The zero-order valence-corrected chi connectivity index (χ0v) is 14.2. The lowest BCUT2D eigenvalue weighted by Gasteiger charge is -2.18. The van der Waals surface area contributed by atoms with Crippen molar-refractivity contribution in [2.45, 2.75) is 12.2 Å². The van der Waals surface area contributed by atoms with Crippen molar-refractivity contribution in [1.29, 1.82) is 0 Å². The highest BCUT2D eigenvalue weighted by molar-refractivity contribution is 5.89. The van der Waals surface area contributed by atoms with Crippen LogP contribution in [-0.2, 0) is 18.9 Å². The molecule has 0 spiro atoms. The van der Waals surface area contributed by atoms with Crippen LogP contribution in [0.15, 0.2) is 60.7 Å². The Morgan fingerprint density at radius 2 is 1.38 bits per heavy atom. The maximum Gasteiger partial charge on any atom is 0.338 e. The fourth-order valence-corrected chi connectivity index (χ4v) is 2.55. The first kappa shape index (κ1) is 18.1. The summed E-state index contributed by atoms with van der Waals surface area (Å²) in [5.74, 6) is -0.811. The van der Waals surface area contributed by atoms with Crippen LogP contribution in [0.3, 0.4) is 0 Å². The Morgan fingerprint density at radius 3 is 2.04 bits per heavy atom. The zero-order chi connectivity index (χ0) is 18.2. The number of hydrogen-bond acceptors (Lipinski definition) is 6. The predicted octanol–water partition coefficient (Wildman–Crippen LogP) is 2.48. The van der Waals surface area contributed by atoms with Gasteiger partial charge in [-0.3, -0.25) is 0 Å². The van der Waals surface area contributed by atoms with E-state index in [2.05, 4.69) is 0 Å². The Morgan fingerprint density at radius 1 is 0.808 bits per heavy atom. The number of carbonyl (C=O) groups excluding carboxylic acids is 2. The van der Waals surface area contributed by atoms with E-state index in [1.807, 2.05) is 12.1 Å². The maximum atomic E-state index is 12.1. The molecule has 1 heterocycles. The molecule has 0 unspecified atom stereocenters. The quantitative estimate of drug-likeness (QED) is 0.561. The molecule has 6 heteroatoms. The van der Waals surface area contributed by atoms with Gasteiger partial charge in [0.05, 0.1) is 30.9 Å². The molecule has 0 N–H and O–H groups in total. The normalized spacial score (nSPS) is 19.1. The van der Waals surface area contributed by atoms with Gasteiger partial charge in [0.15, 0.2) is 6.10 Å². The average molecular weight is 356 g/mol. The predicted molar refractivity (Wildman–Crippen MR) is 92.9 cm³/mol. The van der Waals surface area contributed by atoms with Crippen molar-refractivity contribution < 1.29 is 28.5 Å². The molecule has 136 valence electrons. The van der Waals surface area contributed by atoms with E-state index in [4.69, 9.17) is 18.9 Å². The van der Waals surface area contributed by atoms with Gasteiger partial charge in [0.25, 0.3) is 0 Å².